The molecule has 3 aromatic rings. The van der Waals surface area contributed by atoms with E-state index < -0.39 is 0 Å². The fourth-order valence-corrected chi connectivity index (χ4v) is 2.60. The standard InChI is InChI=1S/C22H25N5O2.HI/c1-3-23-22(25-14-20(28)26-18-7-5-4-6-8-18)24-13-19-15-29-21(27-19)17-11-9-16(2)10-12-17;/h4-12,15H,3,13-14H2,1-2H3,(H,26,28)(H2,23,24,25);1H. The molecule has 0 radical (unpaired) electrons. The monoisotopic (exact) mass is 519 g/mol. The Kier molecular flexibility index (Phi) is 9.33. The average molecular weight is 519 g/mol. The van der Waals surface area contributed by atoms with Gasteiger partial charge in [0.25, 0.3) is 0 Å². The van der Waals surface area contributed by atoms with Gasteiger partial charge in [0, 0.05) is 17.8 Å². The Balaban J connectivity index is 0.00000320. The van der Waals surface area contributed by atoms with Gasteiger partial charge in [-0.15, -0.1) is 24.0 Å². The number of aliphatic imine (C=N–C) groups is 1. The molecule has 0 aliphatic carbocycles. The summed E-state index contributed by atoms with van der Waals surface area (Å²) in [6, 6.07) is 17.3. The first-order chi connectivity index (χ1) is 14.1. The molecule has 1 amide bonds. The number of aromatic nitrogens is 1. The van der Waals surface area contributed by atoms with E-state index in [1.807, 2.05) is 68.4 Å². The molecule has 3 N–H and O–H groups in total. The number of oxazole rings is 1. The summed E-state index contributed by atoms with van der Waals surface area (Å²) in [6.07, 6.45) is 1.60. The van der Waals surface area contributed by atoms with Crippen LogP contribution in [0, 0.1) is 6.92 Å². The fourth-order valence-electron chi connectivity index (χ4n) is 2.60. The van der Waals surface area contributed by atoms with Crippen molar-refractivity contribution in [3.63, 3.8) is 0 Å². The second-order valence-electron chi connectivity index (χ2n) is 6.47. The van der Waals surface area contributed by atoms with Crippen molar-refractivity contribution in [2.24, 2.45) is 4.99 Å². The summed E-state index contributed by atoms with van der Waals surface area (Å²) in [4.78, 5) is 21.1. The first kappa shape index (κ1) is 23.4. The smallest absolute Gasteiger partial charge is 0.243 e. The molecule has 0 aliphatic rings. The Morgan fingerprint density at radius 1 is 1.07 bits per heavy atom. The number of para-hydroxylation sites is 1. The lowest BCUT2D eigenvalue weighted by molar-refractivity contribution is -0.115. The predicted molar refractivity (Wildman–Crippen MR) is 130 cm³/mol. The summed E-state index contributed by atoms with van der Waals surface area (Å²) < 4.78 is 5.56. The molecule has 0 saturated carbocycles. The van der Waals surface area contributed by atoms with Gasteiger partial charge in [0.15, 0.2) is 5.96 Å². The van der Waals surface area contributed by atoms with E-state index in [9.17, 15) is 4.79 Å². The summed E-state index contributed by atoms with van der Waals surface area (Å²) in [5, 5.41) is 8.97. The van der Waals surface area contributed by atoms with Crippen molar-refractivity contribution in [2.75, 3.05) is 18.4 Å². The topological polar surface area (TPSA) is 91.6 Å². The lowest BCUT2D eigenvalue weighted by atomic mass is 10.1. The molecule has 158 valence electrons. The van der Waals surface area contributed by atoms with Crippen molar-refractivity contribution in [1.82, 2.24) is 15.6 Å². The molecule has 0 saturated heterocycles. The summed E-state index contributed by atoms with van der Waals surface area (Å²) in [5.74, 6) is 0.955. The zero-order valence-electron chi connectivity index (χ0n) is 17.0. The number of hydrogen-bond acceptors (Lipinski definition) is 4. The molecule has 0 spiro atoms. The van der Waals surface area contributed by atoms with Crippen molar-refractivity contribution >= 4 is 41.5 Å². The number of carbonyl (C=O) groups excluding carboxylic acids is 1. The zero-order chi connectivity index (χ0) is 20.5. The van der Waals surface area contributed by atoms with Crippen LogP contribution in [0.15, 0.2) is 70.3 Å². The zero-order valence-corrected chi connectivity index (χ0v) is 19.3. The van der Waals surface area contributed by atoms with Gasteiger partial charge in [-0.1, -0.05) is 35.9 Å². The minimum Gasteiger partial charge on any atom is -0.444 e. The van der Waals surface area contributed by atoms with Gasteiger partial charge in [-0.05, 0) is 38.1 Å². The normalized spacial score (nSPS) is 10.8. The molecule has 8 heteroatoms. The van der Waals surface area contributed by atoms with E-state index in [-0.39, 0.29) is 36.4 Å². The van der Waals surface area contributed by atoms with E-state index in [0.29, 0.717) is 30.6 Å². The number of halogens is 1. The molecule has 7 nitrogen and oxygen atoms in total. The molecular formula is C22H26IN5O2. The fraction of sp³-hybridized carbons (Fsp3) is 0.227. The van der Waals surface area contributed by atoms with Crippen LogP contribution in [0.5, 0.6) is 0 Å². The van der Waals surface area contributed by atoms with Crippen molar-refractivity contribution in [3.8, 4) is 11.5 Å². The van der Waals surface area contributed by atoms with Crippen LogP contribution in [0.25, 0.3) is 11.5 Å². The third-order valence-corrected chi connectivity index (χ3v) is 4.07. The first-order valence-corrected chi connectivity index (χ1v) is 9.52. The Labute approximate surface area is 193 Å². The number of aryl methyl sites for hydroxylation is 1. The molecule has 2 aromatic carbocycles. The quantitative estimate of drug-likeness (QED) is 0.250. The second kappa shape index (κ2) is 12.0. The van der Waals surface area contributed by atoms with Gasteiger partial charge >= 0.3 is 0 Å². The highest BCUT2D eigenvalue weighted by Gasteiger charge is 2.08. The lowest BCUT2D eigenvalue weighted by Gasteiger charge is -2.11. The van der Waals surface area contributed by atoms with Crippen LogP contribution < -0.4 is 16.0 Å². The Hall–Kier alpha value is -2.88. The number of rotatable bonds is 7. The van der Waals surface area contributed by atoms with Gasteiger partial charge in [0.2, 0.25) is 11.8 Å². The van der Waals surface area contributed by atoms with Crippen molar-refractivity contribution in [3.05, 3.63) is 72.1 Å². The van der Waals surface area contributed by atoms with Gasteiger partial charge in [-0.25, -0.2) is 9.98 Å². The van der Waals surface area contributed by atoms with Crippen LogP contribution in [0.4, 0.5) is 5.69 Å². The minimum absolute atomic E-state index is 0. The summed E-state index contributed by atoms with van der Waals surface area (Å²) >= 11 is 0. The van der Waals surface area contributed by atoms with Crippen molar-refractivity contribution in [2.45, 2.75) is 20.4 Å². The highest BCUT2D eigenvalue weighted by Crippen LogP contribution is 2.19. The van der Waals surface area contributed by atoms with E-state index in [0.717, 1.165) is 11.3 Å². The Morgan fingerprint density at radius 2 is 1.80 bits per heavy atom. The number of hydrogen-bond donors (Lipinski definition) is 3. The molecule has 0 atom stereocenters. The molecule has 3 rings (SSSR count). The van der Waals surface area contributed by atoms with Gasteiger partial charge in [-0.3, -0.25) is 4.79 Å². The van der Waals surface area contributed by atoms with Gasteiger partial charge in [0.05, 0.1) is 13.1 Å². The Morgan fingerprint density at radius 3 is 2.50 bits per heavy atom. The van der Waals surface area contributed by atoms with Crippen LogP contribution in [0.2, 0.25) is 0 Å². The maximum atomic E-state index is 12.1. The first-order valence-electron chi connectivity index (χ1n) is 9.52. The van der Waals surface area contributed by atoms with Crippen molar-refractivity contribution in [1.29, 1.82) is 0 Å². The third kappa shape index (κ3) is 7.18. The number of nitrogens with one attached hydrogen (secondary N) is 3. The Bertz CT molecular complexity index is 955. The average Bonchev–Trinajstić information content (AvgIpc) is 3.20. The molecule has 1 heterocycles. The maximum absolute atomic E-state index is 12.1. The maximum Gasteiger partial charge on any atom is 0.243 e. The molecule has 0 aliphatic heterocycles. The van der Waals surface area contributed by atoms with Gasteiger partial charge in [0.1, 0.15) is 12.0 Å². The largest absolute Gasteiger partial charge is 0.444 e. The number of nitrogens with zero attached hydrogens (tertiary/aromatic N) is 2. The summed E-state index contributed by atoms with van der Waals surface area (Å²) in [7, 11) is 0. The summed E-state index contributed by atoms with van der Waals surface area (Å²) in [5.41, 5.74) is 3.58. The van der Waals surface area contributed by atoms with Crippen LogP contribution in [0.3, 0.4) is 0 Å². The number of carbonyl (C=O) groups is 1. The van der Waals surface area contributed by atoms with E-state index in [4.69, 9.17) is 4.42 Å². The lowest BCUT2D eigenvalue weighted by Crippen LogP contribution is -2.41. The third-order valence-electron chi connectivity index (χ3n) is 4.07. The van der Waals surface area contributed by atoms with Gasteiger partial charge in [-0.2, -0.15) is 0 Å². The number of benzene rings is 2. The molecule has 30 heavy (non-hydrogen) atoms. The SMILES string of the molecule is CCNC(=NCc1coc(-c2ccc(C)cc2)n1)NCC(=O)Nc1ccccc1.I. The minimum atomic E-state index is -0.148. The number of amides is 1. The highest BCUT2D eigenvalue weighted by molar-refractivity contribution is 14.0. The second-order valence-corrected chi connectivity index (χ2v) is 6.47. The van der Waals surface area contributed by atoms with Gasteiger partial charge < -0.3 is 20.4 Å². The van der Waals surface area contributed by atoms with E-state index in [1.54, 1.807) is 6.26 Å². The number of guanidine groups is 1. The van der Waals surface area contributed by atoms with Crippen molar-refractivity contribution < 1.29 is 9.21 Å². The molecule has 0 fully saturated rings. The molecule has 0 bridgehead atoms. The molecule has 1 aromatic heterocycles. The number of anilines is 1. The highest BCUT2D eigenvalue weighted by atomic mass is 127. The summed E-state index contributed by atoms with van der Waals surface area (Å²) in [6.45, 7) is 5.13. The van der Waals surface area contributed by atoms with Crippen LogP contribution in [-0.4, -0.2) is 29.9 Å². The van der Waals surface area contributed by atoms with E-state index in [1.165, 1.54) is 5.56 Å². The van der Waals surface area contributed by atoms with Crippen LogP contribution in [-0.2, 0) is 11.3 Å². The van der Waals surface area contributed by atoms with Crippen LogP contribution in [0.1, 0.15) is 18.2 Å². The van der Waals surface area contributed by atoms with E-state index in [2.05, 4.69) is 25.9 Å². The molecule has 0 unspecified atom stereocenters. The predicted octanol–water partition coefficient (Wildman–Crippen LogP) is 3.96. The van der Waals surface area contributed by atoms with Crippen LogP contribution >= 0.6 is 24.0 Å². The van der Waals surface area contributed by atoms with E-state index >= 15 is 0 Å². The molecular weight excluding hydrogens is 493 g/mol.